The van der Waals surface area contributed by atoms with Gasteiger partial charge in [0.25, 0.3) is 10.0 Å². The lowest BCUT2D eigenvalue weighted by Crippen LogP contribution is -2.42. The number of nitrogens with one attached hydrogen (secondary N) is 2. The second-order valence-corrected chi connectivity index (χ2v) is 12.3. The third-order valence-corrected chi connectivity index (χ3v) is 8.16. The van der Waals surface area contributed by atoms with Crippen molar-refractivity contribution >= 4 is 38.6 Å². The fraction of sp³-hybridized carbons (Fsp3) is 0.290. The second kappa shape index (κ2) is 14.6. The molecule has 1 atom stereocenters. The van der Waals surface area contributed by atoms with Crippen molar-refractivity contribution < 1.29 is 46.1 Å². The summed E-state index contributed by atoms with van der Waals surface area (Å²) >= 11 is 0. The van der Waals surface area contributed by atoms with Crippen LogP contribution >= 0.6 is 0 Å². The number of carbonyl (C=O) groups excluding carboxylic acids is 1. The molecule has 10 nitrogen and oxygen atoms in total. The Bertz CT molecular complexity index is 1720. The molecule has 242 valence electrons. The number of anilines is 1. The Hall–Kier alpha value is -4.40. The minimum atomic E-state index is -5.08. The maximum atomic E-state index is 12.6. The Balaban J connectivity index is 0.000000707. The number of aliphatic carboxylic acids is 1. The zero-order valence-corrected chi connectivity index (χ0v) is 25.5. The standard InChI is InChI=1S/C29H33N3O5S.C2HF3O2/c1-29(2,15-17-32-16-14-21-18-23(28(34)37-3)12-13-26(21)32)30-20-27(33)22-8-7-9-24(19-22)31-38(35,36)25-10-5-4-6-11-25;3-2(4,5)1(6)7/h4-14,16,18-19,27,30-31,33H,15,17,20H2,1-3H3;(H,6,7)/t27-;/m0./s1. The van der Waals surface area contributed by atoms with Gasteiger partial charge < -0.3 is 24.8 Å². The van der Waals surface area contributed by atoms with Gasteiger partial charge in [-0.15, -0.1) is 0 Å². The molecule has 1 heterocycles. The van der Waals surface area contributed by atoms with E-state index >= 15 is 0 Å². The fourth-order valence-electron chi connectivity index (χ4n) is 4.24. The number of carbonyl (C=O) groups is 2. The van der Waals surface area contributed by atoms with Gasteiger partial charge in [0.2, 0.25) is 0 Å². The van der Waals surface area contributed by atoms with Crippen LogP contribution in [0.5, 0.6) is 0 Å². The first kappa shape index (κ1) is 35.1. The molecule has 0 radical (unpaired) electrons. The number of sulfonamides is 1. The number of nitrogens with zero attached hydrogens (tertiary/aromatic N) is 1. The minimum absolute atomic E-state index is 0.175. The van der Waals surface area contributed by atoms with E-state index in [1.165, 1.54) is 19.2 Å². The van der Waals surface area contributed by atoms with Crippen LogP contribution in [-0.2, 0) is 26.1 Å². The SMILES string of the molecule is COC(=O)c1ccc2c(ccn2CCC(C)(C)NC[C@H](O)c2cccc(NS(=O)(=O)c3ccccc3)c2)c1.O=C(O)C(F)(F)F. The molecule has 1 aromatic heterocycles. The van der Waals surface area contributed by atoms with E-state index in [2.05, 4.69) is 28.5 Å². The number of halogens is 3. The molecule has 14 heteroatoms. The van der Waals surface area contributed by atoms with Crippen LogP contribution in [0.25, 0.3) is 10.9 Å². The number of rotatable bonds is 11. The predicted molar refractivity (Wildman–Crippen MR) is 162 cm³/mol. The monoisotopic (exact) mass is 649 g/mol. The molecule has 0 spiro atoms. The molecule has 4 rings (SSSR count). The Kier molecular flexibility index (Phi) is 11.4. The number of esters is 1. The zero-order valence-electron chi connectivity index (χ0n) is 24.7. The summed E-state index contributed by atoms with van der Waals surface area (Å²) in [6.45, 7) is 5.20. The molecular formula is C31H34F3N3O7S. The molecule has 0 saturated heterocycles. The molecule has 0 bridgehead atoms. The lowest BCUT2D eigenvalue weighted by molar-refractivity contribution is -0.192. The summed E-state index contributed by atoms with van der Waals surface area (Å²) in [6.07, 6.45) is -3.11. The minimum Gasteiger partial charge on any atom is -0.475 e. The second-order valence-electron chi connectivity index (χ2n) is 10.7. The highest BCUT2D eigenvalue weighted by atomic mass is 32.2. The van der Waals surface area contributed by atoms with Crippen molar-refractivity contribution in [1.29, 1.82) is 0 Å². The number of hydrogen-bond acceptors (Lipinski definition) is 7. The van der Waals surface area contributed by atoms with Crippen molar-refractivity contribution in [3.8, 4) is 0 Å². The number of carboxylic acids is 1. The smallest absolute Gasteiger partial charge is 0.475 e. The molecule has 0 aliphatic heterocycles. The van der Waals surface area contributed by atoms with Gasteiger partial charge in [0.05, 0.1) is 23.7 Å². The molecule has 0 aliphatic carbocycles. The lowest BCUT2D eigenvalue weighted by Gasteiger charge is -2.28. The molecule has 45 heavy (non-hydrogen) atoms. The van der Waals surface area contributed by atoms with Gasteiger partial charge in [-0.05, 0) is 74.4 Å². The van der Waals surface area contributed by atoms with Crippen LogP contribution in [0.15, 0.2) is 90.0 Å². The molecule has 0 fully saturated rings. The molecule has 4 N–H and O–H groups in total. The van der Waals surface area contributed by atoms with Gasteiger partial charge in [0.15, 0.2) is 0 Å². The van der Waals surface area contributed by atoms with Crippen LogP contribution in [0.4, 0.5) is 18.9 Å². The Morgan fingerprint density at radius 3 is 2.27 bits per heavy atom. The summed E-state index contributed by atoms with van der Waals surface area (Å²) < 4.78 is 66.5. The van der Waals surface area contributed by atoms with Crippen LogP contribution in [0.1, 0.15) is 42.3 Å². The van der Waals surface area contributed by atoms with Gasteiger partial charge in [-0.2, -0.15) is 13.2 Å². The third-order valence-electron chi connectivity index (χ3n) is 6.76. The number of aryl methyl sites for hydroxylation is 1. The summed E-state index contributed by atoms with van der Waals surface area (Å²) in [5, 5.41) is 22.3. The molecular weight excluding hydrogens is 615 g/mol. The summed E-state index contributed by atoms with van der Waals surface area (Å²) in [7, 11) is -2.35. The highest BCUT2D eigenvalue weighted by Crippen LogP contribution is 2.23. The first-order chi connectivity index (χ1) is 21.0. The zero-order chi connectivity index (χ0) is 33.4. The fourth-order valence-corrected chi connectivity index (χ4v) is 5.31. The van der Waals surface area contributed by atoms with E-state index in [4.69, 9.17) is 14.6 Å². The third kappa shape index (κ3) is 10.1. The van der Waals surface area contributed by atoms with Crippen molar-refractivity contribution in [3.05, 3.63) is 96.2 Å². The van der Waals surface area contributed by atoms with Crippen molar-refractivity contribution in [2.45, 2.75) is 49.5 Å². The number of benzene rings is 3. The summed E-state index contributed by atoms with van der Waals surface area (Å²) in [5.74, 6) is -3.12. The van der Waals surface area contributed by atoms with E-state index in [-0.39, 0.29) is 16.4 Å². The first-order valence-electron chi connectivity index (χ1n) is 13.6. The average Bonchev–Trinajstić information content (AvgIpc) is 3.41. The van der Waals surface area contributed by atoms with E-state index in [0.29, 0.717) is 23.4 Å². The van der Waals surface area contributed by atoms with Gasteiger partial charge in [0.1, 0.15) is 0 Å². The van der Waals surface area contributed by atoms with E-state index in [1.54, 1.807) is 48.5 Å². The van der Waals surface area contributed by atoms with Crippen molar-refractivity contribution in [1.82, 2.24) is 9.88 Å². The quantitative estimate of drug-likeness (QED) is 0.159. The van der Waals surface area contributed by atoms with Crippen molar-refractivity contribution in [3.63, 3.8) is 0 Å². The topological polar surface area (TPSA) is 147 Å². The number of aromatic nitrogens is 1. The number of methoxy groups -OCH3 is 1. The number of carboxylic acid groups (broad SMARTS) is 1. The molecule has 4 aromatic rings. The van der Waals surface area contributed by atoms with Crippen LogP contribution in [-0.4, -0.2) is 60.5 Å². The average molecular weight is 650 g/mol. The summed E-state index contributed by atoms with van der Waals surface area (Å²) in [4.78, 5) is 20.9. The largest absolute Gasteiger partial charge is 0.490 e. The normalized spacial score (nSPS) is 12.6. The van der Waals surface area contributed by atoms with Crippen LogP contribution in [0.3, 0.4) is 0 Å². The molecule has 0 amide bonds. The maximum Gasteiger partial charge on any atom is 0.490 e. The Labute approximate surface area is 258 Å². The maximum absolute atomic E-state index is 12.6. The number of ether oxygens (including phenoxy) is 1. The van der Waals surface area contributed by atoms with E-state index in [0.717, 1.165) is 23.9 Å². The van der Waals surface area contributed by atoms with Crippen LogP contribution in [0.2, 0.25) is 0 Å². The molecule has 3 aromatic carbocycles. The van der Waals surface area contributed by atoms with Crippen molar-refractivity contribution in [2.24, 2.45) is 0 Å². The summed E-state index contributed by atoms with van der Waals surface area (Å²) in [5.41, 5.74) is 2.27. The van der Waals surface area contributed by atoms with E-state index in [9.17, 15) is 31.5 Å². The van der Waals surface area contributed by atoms with Gasteiger partial charge in [-0.25, -0.2) is 18.0 Å². The number of fused-ring (bicyclic) bond motifs is 1. The van der Waals surface area contributed by atoms with Crippen LogP contribution < -0.4 is 10.0 Å². The number of aliphatic hydroxyl groups excluding tert-OH is 1. The highest BCUT2D eigenvalue weighted by molar-refractivity contribution is 7.92. The van der Waals surface area contributed by atoms with Gasteiger partial charge >= 0.3 is 18.1 Å². The van der Waals surface area contributed by atoms with Crippen LogP contribution in [0, 0.1) is 0 Å². The molecule has 0 saturated carbocycles. The lowest BCUT2D eigenvalue weighted by atomic mass is 9.99. The predicted octanol–water partition coefficient (Wildman–Crippen LogP) is 5.35. The van der Waals surface area contributed by atoms with Crippen molar-refractivity contribution in [2.75, 3.05) is 18.4 Å². The number of hydrogen-bond donors (Lipinski definition) is 4. The van der Waals surface area contributed by atoms with Gasteiger partial charge in [-0.1, -0.05) is 30.3 Å². The number of alkyl halides is 3. The Morgan fingerprint density at radius 1 is 0.978 bits per heavy atom. The summed E-state index contributed by atoms with van der Waals surface area (Å²) in [6, 6.07) is 22.4. The van der Waals surface area contributed by atoms with Gasteiger partial charge in [-0.3, -0.25) is 4.72 Å². The Morgan fingerprint density at radius 2 is 1.64 bits per heavy atom. The van der Waals surface area contributed by atoms with E-state index in [1.807, 2.05) is 24.4 Å². The molecule has 0 unspecified atom stereocenters. The van der Waals surface area contributed by atoms with E-state index < -0.39 is 28.3 Å². The van der Waals surface area contributed by atoms with Gasteiger partial charge in [0, 0.05) is 41.4 Å². The highest BCUT2D eigenvalue weighted by Gasteiger charge is 2.38. The number of aliphatic hydroxyl groups is 1. The number of β-amino-alcohol motifs (C(OH)–C–C–N with tert-alkyl or cyclic N) is 1. The first-order valence-corrected chi connectivity index (χ1v) is 15.1. The molecule has 0 aliphatic rings.